The standard InChI is InChI=1S/C16H24N2OS/c1-4-5-6-12-18(13(2)3)16(19)15-10-9-14(20-15)8-7-11-17/h9-10,13H,4-6,11-12,17H2,1-3H3. The molecule has 1 heterocycles. The average Bonchev–Trinajstić information content (AvgIpc) is 2.89. The van der Waals surface area contributed by atoms with Crippen LogP contribution in [0.2, 0.25) is 0 Å². The van der Waals surface area contributed by atoms with Crippen LogP contribution in [0.15, 0.2) is 12.1 Å². The zero-order chi connectivity index (χ0) is 15.0. The molecule has 2 N–H and O–H groups in total. The third-order valence-electron chi connectivity index (χ3n) is 3.02. The van der Waals surface area contributed by atoms with Crippen LogP contribution in [0.3, 0.4) is 0 Å². The van der Waals surface area contributed by atoms with Crippen molar-refractivity contribution in [2.45, 2.75) is 46.1 Å². The Hall–Kier alpha value is -1.31. The van der Waals surface area contributed by atoms with E-state index in [9.17, 15) is 4.79 Å². The van der Waals surface area contributed by atoms with Crippen LogP contribution >= 0.6 is 11.3 Å². The molecule has 0 aliphatic carbocycles. The smallest absolute Gasteiger partial charge is 0.264 e. The normalized spacial score (nSPS) is 10.2. The number of thiophene rings is 1. The van der Waals surface area contributed by atoms with Gasteiger partial charge in [-0.15, -0.1) is 11.3 Å². The topological polar surface area (TPSA) is 46.3 Å². The molecule has 20 heavy (non-hydrogen) atoms. The van der Waals surface area contributed by atoms with E-state index in [0.717, 1.165) is 35.6 Å². The molecule has 0 saturated heterocycles. The maximum atomic E-state index is 12.5. The fourth-order valence-electron chi connectivity index (χ4n) is 1.93. The van der Waals surface area contributed by atoms with Crippen LogP contribution in [0.25, 0.3) is 0 Å². The summed E-state index contributed by atoms with van der Waals surface area (Å²) in [7, 11) is 0. The Morgan fingerprint density at radius 1 is 1.40 bits per heavy atom. The van der Waals surface area contributed by atoms with Crippen molar-refractivity contribution in [3.05, 3.63) is 21.9 Å². The van der Waals surface area contributed by atoms with Gasteiger partial charge < -0.3 is 10.6 Å². The number of amides is 1. The first-order chi connectivity index (χ1) is 9.60. The van der Waals surface area contributed by atoms with E-state index in [-0.39, 0.29) is 11.9 Å². The summed E-state index contributed by atoms with van der Waals surface area (Å²) in [5.74, 6) is 5.90. The van der Waals surface area contributed by atoms with Gasteiger partial charge in [0.2, 0.25) is 0 Å². The van der Waals surface area contributed by atoms with Crippen molar-refractivity contribution in [2.75, 3.05) is 13.1 Å². The molecule has 4 heteroatoms. The van der Waals surface area contributed by atoms with Crippen LogP contribution < -0.4 is 5.73 Å². The van der Waals surface area contributed by atoms with Crippen molar-refractivity contribution in [2.24, 2.45) is 5.73 Å². The van der Waals surface area contributed by atoms with Gasteiger partial charge in [-0.05, 0) is 32.4 Å². The number of rotatable bonds is 6. The maximum Gasteiger partial charge on any atom is 0.264 e. The molecule has 0 aliphatic heterocycles. The summed E-state index contributed by atoms with van der Waals surface area (Å²) in [6.45, 7) is 7.46. The fraction of sp³-hybridized carbons (Fsp3) is 0.562. The van der Waals surface area contributed by atoms with Crippen LogP contribution in [0.1, 0.15) is 54.6 Å². The number of nitrogens with two attached hydrogens (primary N) is 1. The van der Waals surface area contributed by atoms with Gasteiger partial charge in [-0.1, -0.05) is 31.6 Å². The van der Waals surface area contributed by atoms with E-state index in [1.165, 1.54) is 11.3 Å². The third-order valence-corrected chi connectivity index (χ3v) is 4.01. The molecule has 0 aromatic carbocycles. The molecule has 0 aliphatic rings. The average molecular weight is 292 g/mol. The maximum absolute atomic E-state index is 12.5. The molecule has 110 valence electrons. The summed E-state index contributed by atoms with van der Waals surface area (Å²) < 4.78 is 0. The van der Waals surface area contributed by atoms with Gasteiger partial charge in [0.1, 0.15) is 0 Å². The molecule has 1 rings (SSSR count). The van der Waals surface area contributed by atoms with E-state index in [2.05, 4.69) is 32.6 Å². The third kappa shape index (κ3) is 4.99. The van der Waals surface area contributed by atoms with E-state index >= 15 is 0 Å². The molecule has 1 aromatic heterocycles. The predicted molar refractivity (Wildman–Crippen MR) is 85.9 cm³/mol. The number of carbonyl (C=O) groups excluding carboxylic acids is 1. The van der Waals surface area contributed by atoms with Gasteiger partial charge in [0.05, 0.1) is 16.3 Å². The van der Waals surface area contributed by atoms with Crippen LogP contribution in [-0.4, -0.2) is 29.9 Å². The van der Waals surface area contributed by atoms with Gasteiger partial charge in [-0.2, -0.15) is 0 Å². The minimum Gasteiger partial charge on any atom is -0.336 e. The predicted octanol–water partition coefficient (Wildman–Crippen LogP) is 3.10. The van der Waals surface area contributed by atoms with Gasteiger partial charge in [-0.3, -0.25) is 4.79 Å². The highest BCUT2D eigenvalue weighted by Crippen LogP contribution is 2.19. The Bertz CT molecular complexity index is 482. The van der Waals surface area contributed by atoms with E-state index in [0.29, 0.717) is 6.54 Å². The summed E-state index contributed by atoms with van der Waals surface area (Å²) in [6.07, 6.45) is 3.39. The van der Waals surface area contributed by atoms with Crippen molar-refractivity contribution in [3.8, 4) is 11.8 Å². The van der Waals surface area contributed by atoms with E-state index in [1.54, 1.807) is 0 Å². The van der Waals surface area contributed by atoms with Crippen LogP contribution in [0, 0.1) is 11.8 Å². The lowest BCUT2D eigenvalue weighted by Gasteiger charge is -2.26. The fourth-order valence-corrected chi connectivity index (χ4v) is 2.76. The molecule has 3 nitrogen and oxygen atoms in total. The summed E-state index contributed by atoms with van der Waals surface area (Å²) in [4.78, 5) is 16.1. The van der Waals surface area contributed by atoms with E-state index in [4.69, 9.17) is 5.73 Å². The number of carbonyl (C=O) groups is 1. The first-order valence-corrected chi connectivity index (χ1v) is 8.01. The first kappa shape index (κ1) is 16.7. The lowest BCUT2D eigenvalue weighted by atomic mass is 10.2. The molecule has 0 bridgehead atoms. The second-order valence-corrected chi connectivity index (χ2v) is 6.05. The van der Waals surface area contributed by atoms with Crippen molar-refractivity contribution in [1.82, 2.24) is 4.90 Å². The van der Waals surface area contributed by atoms with Crippen molar-refractivity contribution < 1.29 is 4.79 Å². The highest BCUT2D eigenvalue weighted by Gasteiger charge is 2.19. The Labute approximate surface area is 126 Å². The highest BCUT2D eigenvalue weighted by molar-refractivity contribution is 7.14. The van der Waals surface area contributed by atoms with Gasteiger partial charge in [0.25, 0.3) is 5.91 Å². The number of nitrogens with zero attached hydrogens (tertiary/aromatic N) is 1. The summed E-state index contributed by atoms with van der Waals surface area (Å²) in [5, 5.41) is 0. The first-order valence-electron chi connectivity index (χ1n) is 7.19. The van der Waals surface area contributed by atoms with Crippen LogP contribution in [-0.2, 0) is 0 Å². The Kier molecular flexibility index (Phi) is 7.35. The Morgan fingerprint density at radius 3 is 2.75 bits per heavy atom. The Balaban J connectivity index is 2.76. The van der Waals surface area contributed by atoms with Crippen molar-refractivity contribution >= 4 is 17.2 Å². The van der Waals surface area contributed by atoms with Gasteiger partial charge in [0.15, 0.2) is 0 Å². The van der Waals surface area contributed by atoms with Gasteiger partial charge >= 0.3 is 0 Å². The lowest BCUT2D eigenvalue weighted by Crippen LogP contribution is -2.37. The summed E-state index contributed by atoms with van der Waals surface area (Å²) in [6, 6.07) is 3.98. The van der Waals surface area contributed by atoms with Crippen molar-refractivity contribution in [1.29, 1.82) is 0 Å². The molecule has 1 amide bonds. The SMILES string of the molecule is CCCCCN(C(=O)c1ccc(C#CCN)s1)C(C)C. The number of hydrogen-bond acceptors (Lipinski definition) is 3. The largest absolute Gasteiger partial charge is 0.336 e. The molecule has 0 fully saturated rings. The Morgan fingerprint density at radius 2 is 2.15 bits per heavy atom. The monoisotopic (exact) mass is 292 g/mol. The van der Waals surface area contributed by atoms with Gasteiger partial charge in [0, 0.05) is 12.6 Å². The van der Waals surface area contributed by atoms with Crippen LogP contribution in [0.4, 0.5) is 0 Å². The van der Waals surface area contributed by atoms with Crippen LogP contribution in [0.5, 0.6) is 0 Å². The number of hydrogen-bond donors (Lipinski definition) is 1. The second kappa shape index (κ2) is 8.78. The van der Waals surface area contributed by atoms with E-state index in [1.807, 2.05) is 17.0 Å². The molecule has 0 spiro atoms. The zero-order valence-electron chi connectivity index (χ0n) is 12.6. The molecular weight excluding hydrogens is 268 g/mol. The molecular formula is C16H24N2OS. The molecule has 0 saturated carbocycles. The molecule has 1 aromatic rings. The highest BCUT2D eigenvalue weighted by atomic mass is 32.1. The quantitative estimate of drug-likeness (QED) is 0.647. The minimum absolute atomic E-state index is 0.113. The summed E-state index contributed by atoms with van der Waals surface area (Å²) >= 11 is 1.45. The second-order valence-electron chi connectivity index (χ2n) is 4.97. The molecule has 0 unspecified atom stereocenters. The van der Waals surface area contributed by atoms with Crippen molar-refractivity contribution in [3.63, 3.8) is 0 Å². The minimum atomic E-state index is 0.113. The number of unbranched alkanes of at least 4 members (excludes halogenated alkanes) is 2. The molecule has 0 radical (unpaired) electrons. The van der Waals surface area contributed by atoms with Gasteiger partial charge in [-0.25, -0.2) is 0 Å². The summed E-state index contributed by atoms with van der Waals surface area (Å²) in [5.41, 5.74) is 5.35. The molecule has 0 atom stereocenters. The zero-order valence-corrected chi connectivity index (χ0v) is 13.4. The van der Waals surface area contributed by atoms with E-state index < -0.39 is 0 Å². The lowest BCUT2D eigenvalue weighted by molar-refractivity contribution is 0.0707.